The lowest BCUT2D eigenvalue weighted by atomic mass is 9.76. The number of piperidine rings is 1. The molecule has 3 aromatic carbocycles. The van der Waals surface area contributed by atoms with Gasteiger partial charge in [-0.25, -0.2) is 4.98 Å². The molecule has 1 atom stereocenters. The van der Waals surface area contributed by atoms with E-state index >= 15 is 0 Å². The number of ether oxygens (including phenoxy) is 1. The number of benzene rings is 3. The largest absolute Gasteiger partial charge is 0.416 e. The molecule has 2 fully saturated rings. The standard InChI is InChI=1S/C38H38Cl2F6N4O3/c1-2-53-18-17-50-32-6-4-3-5-31(32)47-34(50)33(51)24-9-13-48(14-10-24)15-11-36(26-7-8-29(39)30(40)22-26)12-16-49(23-36)35(52)25-19-27(37(41,42)43)21-28(20-25)38(44,45)46/h3-8,19-22,24H,2,9-18,23H2,1H3. The van der Waals surface area contributed by atoms with Gasteiger partial charge < -0.3 is 19.1 Å². The highest BCUT2D eigenvalue weighted by atomic mass is 35.5. The predicted octanol–water partition coefficient (Wildman–Crippen LogP) is 9.19. The summed E-state index contributed by atoms with van der Waals surface area (Å²) in [5.74, 6) is -0.749. The Bertz CT molecular complexity index is 1940. The highest BCUT2D eigenvalue weighted by Crippen LogP contribution is 2.42. The molecule has 1 unspecified atom stereocenters. The van der Waals surface area contributed by atoms with Crippen molar-refractivity contribution in [1.82, 2.24) is 19.4 Å². The van der Waals surface area contributed by atoms with Crippen LogP contribution in [0.2, 0.25) is 10.0 Å². The van der Waals surface area contributed by atoms with Crippen LogP contribution in [0, 0.1) is 5.92 Å². The first-order valence-electron chi connectivity index (χ1n) is 17.4. The molecule has 6 rings (SSSR count). The van der Waals surface area contributed by atoms with Crippen LogP contribution in [0.4, 0.5) is 26.3 Å². The van der Waals surface area contributed by atoms with E-state index in [9.17, 15) is 35.9 Å². The molecule has 4 aromatic rings. The Labute approximate surface area is 312 Å². The van der Waals surface area contributed by atoms with Gasteiger partial charge >= 0.3 is 12.4 Å². The van der Waals surface area contributed by atoms with Gasteiger partial charge in [0.2, 0.25) is 5.78 Å². The molecule has 2 saturated heterocycles. The lowest BCUT2D eigenvalue weighted by molar-refractivity contribution is -0.143. The SMILES string of the molecule is CCOCCn1c(C(=O)C2CCN(CCC3(c4ccc(Cl)c(Cl)c4)CCN(C(=O)c4cc(C(F)(F)F)cc(C(F)(F)F)c4)C3)CC2)nc2ccccc21. The Kier molecular flexibility index (Phi) is 11.5. The number of hydrogen-bond acceptors (Lipinski definition) is 5. The van der Waals surface area contributed by atoms with Gasteiger partial charge in [-0.1, -0.05) is 41.4 Å². The molecule has 284 valence electrons. The van der Waals surface area contributed by atoms with Crippen LogP contribution < -0.4 is 0 Å². The summed E-state index contributed by atoms with van der Waals surface area (Å²) in [6, 6.07) is 13.7. The van der Waals surface area contributed by atoms with E-state index in [0.717, 1.165) is 16.6 Å². The number of rotatable bonds is 11. The predicted molar refractivity (Wildman–Crippen MR) is 189 cm³/mol. The van der Waals surface area contributed by atoms with E-state index in [4.69, 9.17) is 27.9 Å². The van der Waals surface area contributed by atoms with Crippen molar-refractivity contribution in [1.29, 1.82) is 0 Å². The first kappa shape index (κ1) is 39.1. The van der Waals surface area contributed by atoms with Gasteiger partial charge in [0.05, 0.1) is 38.8 Å². The smallest absolute Gasteiger partial charge is 0.380 e. The van der Waals surface area contributed by atoms with Crippen molar-refractivity contribution in [3.63, 3.8) is 0 Å². The maximum atomic E-state index is 13.8. The van der Waals surface area contributed by atoms with Gasteiger partial charge in [-0.05, 0) is 100 Å². The van der Waals surface area contributed by atoms with E-state index in [1.54, 1.807) is 18.2 Å². The zero-order valence-electron chi connectivity index (χ0n) is 28.9. The van der Waals surface area contributed by atoms with Gasteiger partial charge in [-0.3, -0.25) is 9.59 Å². The van der Waals surface area contributed by atoms with Crippen LogP contribution in [0.5, 0.6) is 0 Å². The van der Waals surface area contributed by atoms with Gasteiger partial charge in [-0.15, -0.1) is 0 Å². The van der Waals surface area contributed by atoms with Crippen LogP contribution in [0.25, 0.3) is 11.0 Å². The second-order valence-corrected chi connectivity index (χ2v) is 14.5. The van der Waals surface area contributed by atoms with Gasteiger partial charge in [0.1, 0.15) is 0 Å². The molecule has 0 bridgehead atoms. The first-order valence-corrected chi connectivity index (χ1v) is 18.2. The average molecular weight is 784 g/mol. The Morgan fingerprint density at radius 2 is 1.57 bits per heavy atom. The minimum absolute atomic E-state index is 0.0102. The van der Waals surface area contributed by atoms with Crippen LogP contribution in [-0.2, 0) is 29.0 Å². The fourth-order valence-corrected chi connectivity index (χ4v) is 7.78. The molecule has 2 aliphatic rings. The van der Waals surface area contributed by atoms with E-state index in [0.29, 0.717) is 88.1 Å². The average Bonchev–Trinajstić information content (AvgIpc) is 3.74. The molecule has 1 amide bonds. The Morgan fingerprint density at radius 3 is 2.21 bits per heavy atom. The second kappa shape index (κ2) is 15.6. The minimum atomic E-state index is -5.08. The summed E-state index contributed by atoms with van der Waals surface area (Å²) < 4.78 is 89.1. The summed E-state index contributed by atoms with van der Waals surface area (Å²) in [4.78, 5) is 35.7. The molecule has 2 aliphatic heterocycles. The molecule has 7 nitrogen and oxygen atoms in total. The zero-order chi connectivity index (χ0) is 38.1. The number of imidazole rings is 1. The van der Waals surface area contributed by atoms with Crippen LogP contribution >= 0.6 is 23.2 Å². The third kappa shape index (κ3) is 8.53. The number of alkyl halides is 6. The third-order valence-corrected chi connectivity index (χ3v) is 11.1. The van der Waals surface area contributed by atoms with Gasteiger partial charge in [0, 0.05) is 43.1 Å². The number of fused-ring (bicyclic) bond motifs is 1. The molecule has 1 aromatic heterocycles. The molecule has 0 aliphatic carbocycles. The molecule has 0 N–H and O–H groups in total. The Balaban J connectivity index is 1.17. The van der Waals surface area contributed by atoms with Crippen molar-refractivity contribution >= 4 is 45.9 Å². The van der Waals surface area contributed by atoms with Crippen molar-refractivity contribution in [3.05, 3.63) is 98.8 Å². The Hall–Kier alpha value is -3.65. The third-order valence-electron chi connectivity index (χ3n) is 10.4. The molecular weight excluding hydrogens is 745 g/mol. The van der Waals surface area contributed by atoms with E-state index in [2.05, 4.69) is 9.88 Å². The maximum Gasteiger partial charge on any atom is 0.416 e. The van der Waals surface area contributed by atoms with Crippen LogP contribution in [0.15, 0.2) is 60.7 Å². The lowest BCUT2D eigenvalue weighted by Gasteiger charge is -2.36. The van der Waals surface area contributed by atoms with E-state index in [1.807, 2.05) is 35.8 Å². The summed E-state index contributed by atoms with van der Waals surface area (Å²) in [6.07, 6.45) is -8.04. The first-order chi connectivity index (χ1) is 25.1. The van der Waals surface area contributed by atoms with Crippen molar-refractivity contribution in [3.8, 4) is 0 Å². The number of carbonyl (C=O) groups excluding carboxylic acids is 2. The monoisotopic (exact) mass is 782 g/mol. The number of para-hydroxylation sites is 2. The topological polar surface area (TPSA) is 67.7 Å². The normalized spacial score (nSPS) is 19.0. The quantitative estimate of drug-likeness (QED) is 0.0863. The molecule has 0 radical (unpaired) electrons. The van der Waals surface area contributed by atoms with Crippen molar-refractivity contribution in [2.75, 3.05) is 45.9 Å². The molecule has 15 heteroatoms. The van der Waals surface area contributed by atoms with Crippen LogP contribution in [0.3, 0.4) is 0 Å². The summed E-state index contributed by atoms with van der Waals surface area (Å²) >= 11 is 12.6. The summed E-state index contributed by atoms with van der Waals surface area (Å²) in [5, 5.41) is 0.603. The maximum absolute atomic E-state index is 13.8. The molecule has 0 spiro atoms. The molecule has 3 heterocycles. The highest BCUT2D eigenvalue weighted by Gasteiger charge is 2.44. The number of aromatic nitrogens is 2. The number of nitrogens with zero attached hydrogens (tertiary/aromatic N) is 4. The molecular formula is C38H38Cl2F6N4O3. The fourth-order valence-electron chi connectivity index (χ4n) is 7.48. The summed E-state index contributed by atoms with van der Waals surface area (Å²) in [5.41, 5.74) is -2.11. The number of hydrogen-bond donors (Lipinski definition) is 0. The van der Waals surface area contributed by atoms with E-state index in [-0.39, 0.29) is 35.9 Å². The minimum Gasteiger partial charge on any atom is -0.380 e. The number of halogens is 8. The van der Waals surface area contributed by atoms with Gasteiger partial charge in [0.15, 0.2) is 5.82 Å². The second-order valence-electron chi connectivity index (χ2n) is 13.7. The number of Topliss-reactive ketones (excluding diaryl/α,β-unsaturated/α-hetero) is 1. The number of amides is 1. The lowest BCUT2D eigenvalue weighted by Crippen LogP contribution is -2.41. The van der Waals surface area contributed by atoms with Crippen molar-refractivity contribution < 1.29 is 40.7 Å². The van der Waals surface area contributed by atoms with Crippen LogP contribution in [0.1, 0.15) is 70.3 Å². The summed E-state index contributed by atoms with van der Waals surface area (Å²) in [7, 11) is 0. The molecule has 53 heavy (non-hydrogen) atoms. The Morgan fingerprint density at radius 1 is 0.887 bits per heavy atom. The van der Waals surface area contributed by atoms with Crippen molar-refractivity contribution in [2.24, 2.45) is 5.92 Å². The van der Waals surface area contributed by atoms with Crippen LogP contribution in [-0.4, -0.2) is 77.0 Å². The van der Waals surface area contributed by atoms with Crippen molar-refractivity contribution in [2.45, 2.75) is 56.9 Å². The highest BCUT2D eigenvalue weighted by molar-refractivity contribution is 6.42. The fraction of sp³-hybridized carbons (Fsp3) is 0.447. The number of likely N-dealkylation sites (tertiary alicyclic amines) is 2. The number of ketones is 1. The zero-order valence-corrected chi connectivity index (χ0v) is 30.4. The van der Waals surface area contributed by atoms with E-state index < -0.39 is 40.4 Å². The van der Waals surface area contributed by atoms with Gasteiger partial charge in [0.25, 0.3) is 5.91 Å². The summed E-state index contributed by atoms with van der Waals surface area (Å²) in [6.45, 7) is 5.41. The van der Waals surface area contributed by atoms with Gasteiger partial charge in [-0.2, -0.15) is 26.3 Å². The van der Waals surface area contributed by atoms with E-state index in [1.165, 1.54) is 4.90 Å². The number of carbonyl (C=O) groups is 2. The molecule has 0 saturated carbocycles.